The summed E-state index contributed by atoms with van der Waals surface area (Å²) in [5.41, 5.74) is 3.83. The Bertz CT molecular complexity index is 645. The minimum atomic E-state index is -0.121. The summed E-state index contributed by atoms with van der Waals surface area (Å²) in [6, 6.07) is 32.1. The topological polar surface area (TPSA) is 17.1 Å². The molecule has 3 rings (SSSR count). The molecule has 0 aliphatic rings. The SMILES string of the molecule is CC.CC(C)=O.CC(c1ccccc1)(c1ccccc1)c1ccccc1. The van der Waals surface area contributed by atoms with Gasteiger partial charge in [0.2, 0.25) is 0 Å². The smallest absolute Gasteiger partial charge is 0.126 e. The molecule has 0 saturated carbocycles. The molecule has 0 atom stereocenters. The standard InChI is InChI=1S/C20H18.C3H6O.C2H6/c1-20(17-11-5-2-6-12-17,18-13-7-3-8-14-18)19-15-9-4-10-16-19;1-3(2)4;1-2/h2-16H,1H3;1-2H3;1-2H3. The molecular weight excluding hydrogens is 316 g/mol. The summed E-state index contributed by atoms with van der Waals surface area (Å²) in [6.45, 7) is 9.35. The van der Waals surface area contributed by atoms with Gasteiger partial charge >= 0.3 is 0 Å². The van der Waals surface area contributed by atoms with Crippen LogP contribution in [-0.4, -0.2) is 5.78 Å². The Labute approximate surface area is 158 Å². The lowest BCUT2D eigenvalue weighted by Gasteiger charge is -2.31. The lowest BCUT2D eigenvalue weighted by molar-refractivity contribution is -0.114. The maximum Gasteiger partial charge on any atom is 0.126 e. The molecule has 0 radical (unpaired) electrons. The van der Waals surface area contributed by atoms with Crippen LogP contribution in [0.25, 0.3) is 0 Å². The summed E-state index contributed by atoms with van der Waals surface area (Å²) in [7, 11) is 0. The third-order valence-corrected chi connectivity index (χ3v) is 4.05. The maximum absolute atomic E-state index is 9.44. The number of hydrogen-bond acceptors (Lipinski definition) is 1. The Balaban J connectivity index is 0.000000500. The van der Waals surface area contributed by atoms with Crippen molar-refractivity contribution in [2.45, 2.75) is 40.0 Å². The monoisotopic (exact) mass is 346 g/mol. The van der Waals surface area contributed by atoms with Crippen LogP contribution in [-0.2, 0) is 10.2 Å². The number of rotatable bonds is 3. The summed E-state index contributed by atoms with van der Waals surface area (Å²) in [5, 5.41) is 0. The molecule has 0 bridgehead atoms. The second-order valence-corrected chi connectivity index (χ2v) is 6.13. The van der Waals surface area contributed by atoms with Crippen molar-refractivity contribution in [1.29, 1.82) is 0 Å². The highest BCUT2D eigenvalue weighted by molar-refractivity contribution is 5.72. The maximum atomic E-state index is 9.44. The molecule has 0 unspecified atom stereocenters. The van der Waals surface area contributed by atoms with E-state index in [2.05, 4.69) is 97.9 Å². The highest BCUT2D eigenvalue weighted by Gasteiger charge is 2.30. The average Bonchev–Trinajstić information content (AvgIpc) is 2.70. The number of Topliss-reactive ketones (excluding diaryl/α,β-unsaturated/α-hetero) is 1. The number of carbonyl (C=O) groups excluding carboxylic acids is 1. The van der Waals surface area contributed by atoms with Gasteiger partial charge < -0.3 is 4.79 Å². The van der Waals surface area contributed by atoms with Crippen LogP contribution in [0, 0.1) is 0 Å². The lowest BCUT2D eigenvalue weighted by atomic mass is 9.71. The molecule has 0 aliphatic heterocycles. The minimum absolute atomic E-state index is 0.121. The van der Waals surface area contributed by atoms with Crippen molar-refractivity contribution in [3.05, 3.63) is 108 Å². The first-order valence-electron chi connectivity index (χ1n) is 9.19. The van der Waals surface area contributed by atoms with Crippen molar-refractivity contribution < 1.29 is 4.79 Å². The first-order valence-corrected chi connectivity index (χ1v) is 9.19. The molecule has 0 spiro atoms. The van der Waals surface area contributed by atoms with E-state index in [1.54, 1.807) is 0 Å². The number of hydrogen-bond donors (Lipinski definition) is 0. The van der Waals surface area contributed by atoms with Crippen LogP contribution in [0.15, 0.2) is 91.0 Å². The Morgan fingerprint density at radius 3 is 0.962 bits per heavy atom. The van der Waals surface area contributed by atoms with E-state index in [0.29, 0.717) is 0 Å². The summed E-state index contributed by atoms with van der Waals surface area (Å²) < 4.78 is 0. The summed E-state index contributed by atoms with van der Waals surface area (Å²) in [6.07, 6.45) is 0. The van der Waals surface area contributed by atoms with E-state index in [0.717, 1.165) is 0 Å². The van der Waals surface area contributed by atoms with Crippen molar-refractivity contribution in [1.82, 2.24) is 0 Å². The second kappa shape index (κ2) is 11.0. The van der Waals surface area contributed by atoms with Crippen LogP contribution in [0.1, 0.15) is 51.3 Å². The van der Waals surface area contributed by atoms with Gasteiger partial charge in [-0.3, -0.25) is 0 Å². The van der Waals surface area contributed by atoms with Crippen LogP contribution in [0.3, 0.4) is 0 Å². The molecular formula is C25H30O. The zero-order valence-electron chi connectivity index (χ0n) is 16.6. The molecule has 3 aromatic carbocycles. The fourth-order valence-corrected chi connectivity index (χ4v) is 2.81. The van der Waals surface area contributed by atoms with Gasteiger partial charge in [-0.25, -0.2) is 0 Å². The summed E-state index contributed by atoms with van der Waals surface area (Å²) >= 11 is 0. The van der Waals surface area contributed by atoms with Crippen LogP contribution in [0.2, 0.25) is 0 Å². The normalized spacial score (nSPS) is 9.88. The summed E-state index contributed by atoms with van der Waals surface area (Å²) in [5.74, 6) is 0.167. The fourth-order valence-electron chi connectivity index (χ4n) is 2.81. The van der Waals surface area contributed by atoms with Crippen LogP contribution >= 0.6 is 0 Å². The van der Waals surface area contributed by atoms with Gasteiger partial charge in [0.25, 0.3) is 0 Å². The van der Waals surface area contributed by atoms with E-state index in [1.807, 2.05) is 13.8 Å². The van der Waals surface area contributed by atoms with Gasteiger partial charge in [0.1, 0.15) is 5.78 Å². The first-order chi connectivity index (χ1) is 12.5. The molecule has 0 aliphatic carbocycles. The zero-order chi connectivity index (χ0) is 19.4. The van der Waals surface area contributed by atoms with Crippen molar-refractivity contribution in [3.63, 3.8) is 0 Å². The molecule has 0 heterocycles. The van der Waals surface area contributed by atoms with Gasteiger partial charge in [0.15, 0.2) is 0 Å². The largest absolute Gasteiger partial charge is 0.300 e. The molecule has 1 heteroatoms. The predicted octanol–water partition coefficient (Wildman–Crippen LogP) is 6.66. The summed E-state index contributed by atoms with van der Waals surface area (Å²) in [4.78, 5) is 9.44. The molecule has 26 heavy (non-hydrogen) atoms. The molecule has 0 saturated heterocycles. The number of benzene rings is 3. The Hall–Kier alpha value is -2.67. The molecule has 0 fully saturated rings. The molecule has 3 aromatic rings. The highest BCUT2D eigenvalue weighted by Crippen LogP contribution is 2.38. The van der Waals surface area contributed by atoms with E-state index in [4.69, 9.17) is 0 Å². The van der Waals surface area contributed by atoms with Crippen molar-refractivity contribution in [2.24, 2.45) is 0 Å². The van der Waals surface area contributed by atoms with Gasteiger partial charge in [-0.15, -0.1) is 0 Å². The fraction of sp³-hybridized carbons (Fsp3) is 0.240. The van der Waals surface area contributed by atoms with Gasteiger partial charge in [-0.2, -0.15) is 0 Å². The van der Waals surface area contributed by atoms with Crippen molar-refractivity contribution in [2.75, 3.05) is 0 Å². The van der Waals surface area contributed by atoms with Gasteiger partial charge in [0, 0.05) is 5.41 Å². The lowest BCUT2D eigenvalue weighted by Crippen LogP contribution is -2.25. The average molecular weight is 347 g/mol. The predicted molar refractivity (Wildman–Crippen MR) is 113 cm³/mol. The first kappa shape index (κ1) is 21.4. The molecule has 0 amide bonds. The second-order valence-electron chi connectivity index (χ2n) is 6.13. The molecule has 0 N–H and O–H groups in total. The van der Waals surface area contributed by atoms with Crippen molar-refractivity contribution >= 4 is 5.78 Å². The van der Waals surface area contributed by atoms with Crippen molar-refractivity contribution in [3.8, 4) is 0 Å². The Kier molecular flexibility index (Phi) is 9.08. The van der Waals surface area contributed by atoms with Crippen LogP contribution in [0.5, 0.6) is 0 Å². The number of ketones is 1. The molecule has 136 valence electrons. The third kappa shape index (κ3) is 5.70. The van der Waals surface area contributed by atoms with E-state index < -0.39 is 0 Å². The van der Waals surface area contributed by atoms with E-state index in [9.17, 15) is 4.79 Å². The van der Waals surface area contributed by atoms with E-state index >= 15 is 0 Å². The van der Waals surface area contributed by atoms with Gasteiger partial charge in [0.05, 0.1) is 0 Å². The third-order valence-electron chi connectivity index (χ3n) is 4.05. The van der Waals surface area contributed by atoms with E-state index in [-0.39, 0.29) is 11.2 Å². The Morgan fingerprint density at radius 1 is 0.577 bits per heavy atom. The Morgan fingerprint density at radius 2 is 0.769 bits per heavy atom. The van der Waals surface area contributed by atoms with E-state index in [1.165, 1.54) is 30.5 Å². The minimum Gasteiger partial charge on any atom is -0.300 e. The quantitative estimate of drug-likeness (QED) is 0.484. The van der Waals surface area contributed by atoms with Crippen LogP contribution in [0.4, 0.5) is 0 Å². The number of carbonyl (C=O) groups is 1. The van der Waals surface area contributed by atoms with Gasteiger partial charge in [-0.05, 0) is 37.5 Å². The highest BCUT2D eigenvalue weighted by atomic mass is 16.1. The van der Waals surface area contributed by atoms with Crippen LogP contribution < -0.4 is 0 Å². The zero-order valence-corrected chi connectivity index (χ0v) is 16.6. The van der Waals surface area contributed by atoms with Gasteiger partial charge in [-0.1, -0.05) is 105 Å². The molecule has 0 aromatic heterocycles. The molecule has 1 nitrogen and oxygen atoms in total.